The number of carbonyl (C=O) groups is 2. The molecule has 2 aromatic carbocycles. The van der Waals surface area contributed by atoms with Crippen LogP contribution in [0, 0.1) is 6.92 Å². The monoisotopic (exact) mass is 448 g/mol. The van der Waals surface area contributed by atoms with Gasteiger partial charge in [-0.2, -0.15) is 4.31 Å². The molecule has 0 spiro atoms. The highest BCUT2D eigenvalue weighted by Gasteiger charge is 2.28. The lowest BCUT2D eigenvalue weighted by Crippen LogP contribution is -2.40. The molecule has 0 aliphatic carbocycles. The Bertz CT molecular complexity index is 1090. The lowest BCUT2D eigenvalue weighted by molar-refractivity contribution is 0.0600. The molecule has 166 valence electrons. The molecule has 2 aromatic rings. The number of anilines is 1. The summed E-state index contributed by atoms with van der Waals surface area (Å²) in [6, 6.07) is 8.91. The Hall–Kier alpha value is -2.95. The van der Waals surface area contributed by atoms with Gasteiger partial charge in [-0.25, -0.2) is 13.2 Å². The molecule has 0 atom stereocenters. The topological polar surface area (TPSA) is 111 Å². The van der Waals surface area contributed by atoms with E-state index < -0.39 is 21.9 Å². The van der Waals surface area contributed by atoms with Gasteiger partial charge in [0.1, 0.15) is 5.75 Å². The van der Waals surface area contributed by atoms with Crippen LogP contribution in [0.2, 0.25) is 0 Å². The predicted molar refractivity (Wildman–Crippen MR) is 113 cm³/mol. The first-order chi connectivity index (χ1) is 14.8. The molecule has 0 bridgehead atoms. The molecule has 1 saturated heterocycles. The van der Waals surface area contributed by atoms with Gasteiger partial charge < -0.3 is 19.5 Å². The second-order valence-electron chi connectivity index (χ2n) is 6.85. The Labute approximate surface area is 181 Å². The Morgan fingerprint density at radius 1 is 1.06 bits per heavy atom. The van der Waals surface area contributed by atoms with Gasteiger partial charge in [-0.1, -0.05) is 6.07 Å². The number of esters is 1. The minimum Gasteiger partial charge on any atom is -0.496 e. The summed E-state index contributed by atoms with van der Waals surface area (Å²) in [5.74, 6) is -0.882. The smallest absolute Gasteiger partial charge is 0.337 e. The van der Waals surface area contributed by atoms with Gasteiger partial charge in [-0.3, -0.25) is 4.79 Å². The van der Waals surface area contributed by atoms with Crippen molar-refractivity contribution in [1.29, 1.82) is 0 Å². The van der Waals surface area contributed by atoms with E-state index in [1.165, 1.54) is 42.8 Å². The Kier molecular flexibility index (Phi) is 6.94. The van der Waals surface area contributed by atoms with Crippen molar-refractivity contribution in [2.45, 2.75) is 11.8 Å². The summed E-state index contributed by atoms with van der Waals surface area (Å²) in [6.07, 6.45) is 0. The third-order valence-electron chi connectivity index (χ3n) is 4.93. The van der Waals surface area contributed by atoms with E-state index in [0.717, 1.165) is 5.56 Å². The van der Waals surface area contributed by atoms with E-state index in [1.807, 2.05) is 0 Å². The maximum atomic E-state index is 13.0. The predicted octanol–water partition coefficient (Wildman–Crippen LogP) is 2.06. The Morgan fingerprint density at radius 3 is 2.42 bits per heavy atom. The first-order valence-corrected chi connectivity index (χ1v) is 11.0. The van der Waals surface area contributed by atoms with Gasteiger partial charge in [0.25, 0.3) is 5.91 Å². The molecular formula is C21H24N2O7S. The fourth-order valence-corrected chi connectivity index (χ4v) is 4.59. The number of nitrogens with one attached hydrogen (secondary N) is 1. The minimum atomic E-state index is -3.79. The van der Waals surface area contributed by atoms with Gasteiger partial charge in [-0.15, -0.1) is 0 Å². The average Bonchev–Trinajstić information content (AvgIpc) is 2.80. The van der Waals surface area contributed by atoms with E-state index in [2.05, 4.69) is 5.32 Å². The molecule has 1 heterocycles. The van der Waals surface area contributed by atoms with Gasteiger partial charge >= 0.3 is 5.97 Å². The van der Waals surface area contributed by atoms with Crippen LogP contribution in [-0.4, -0.2) is 65.1 Å². The first kappa shape index (κ1) is 22.7. The van der Waals surface area contributed by atoms with Crippen molar-refractivity contribution in [2.24, 2.45) is 0 Å². The van der Waals surface area contributed by atoms with Crippen molar-refractivity contribution in [3.63, 3.8) is 0 Å². The van der Waals surface area contributed by atoms with Gasteiger partial charge in [-0.05, 0) is 42.8 Å². The molecular weight excluding hydrogens is 424 g/mol. The van der Waals surface area contributed by atoms with Crippen molar-refractivity contribution in [2.75, 3.05) is 45.8 Å². The van der Waals surface area contributed by atoms with Crippen molar-refractivity contribution in [3.8, 4) is 5.75 Å². The number of amides is 1. The molecule has 1 fully saturated rings. The summed E-state index contributed by atoms with van der Waals surface area (Å²) < 4.78 is 42.5. The summed E-state index contributed by atoms with van der Waals surface area (Å²) in [5.41, 5.74) is 1.45. The van der Waals surface area contributed by atoms with Crippen molar-refractivity contribution in [1.82, 2.24) is 4.31 Å². The number of benzene rings is 2. The van der Waals surface area contributed by atoms with E-state index in [9.17, 15) is 18.0 Å². The number of carbonyl (C=O) groups excluding carboxylic acids is 2. The zero-order chi connectivity index (χ0) is 22.6. The van der Waals surface area contributed by atoms with Gasteiger partial charge in [0.2, 0.25) is 10.0 Å². The van der Waals surface area contributed by atoms with E-state index in [-0.39, 0.29) is 34.9 Å². The number of nitrogens with zero attached hydrogens (tertiary/aromatic N) is 1. The minimum absolute atomic E-state index is 0.0135. The molecule has 0 saturated carbocycles. The van der Waals surface area contributed by atoms with E-state index in [0.29, 0.717) is 18.9 Å². The number of hydrogen-bond donors (Lipinski definition) is 1. The summed E-state index contributed by atoms with van der Waals surface area (Å²) in [4.78, 5) is 24.8. The van der Waals surface area contributed by atoms with Crippen LogP contribution in [0.5, 0.6) is 5.75 Å². The van der Waals surface area contributed by atoms with Crippen LogP contribution in [0.3, 0.4) is 0 Å². The highest BCUT2D eigenvalue weighted by atomic mass is 32.2. The molecule has 10 heteroatoms. The third kappa shape index (κ3) is 4.87. The molecule has 1 aliphatic heterocycles. The summed E-state index contributed by atoms with van der Waals surface area (Å²) in [5, 5.41) is 2.72. The average molecular weight is 448 g/mol. The number of hydrogen-bond acceptors (Lipinski definition) is 7. The number of methoxy groups -OCH3 is 2. The summed E-state index contributed by atoms with van der Waals surface area (Å²) in [6.45, 7) is 2.90. The van der Waals surface area contributed by atoms with Crippen LogP contribution in [0.15, 0.2) is 41.3 Å². The standard InChI is InChI=1S/C21H24N2O7S/c1-14-4-5-15(21(25)29-3)12-18(14)22-20(24)17-13-16(6-7-19(17)28-2)31(26,27)23-8-10-30-11-9-23/h4-7,12-13H,8-11H2,1-3H3,(H,22,24). The molecule has 31 heavy (non-hydrogen) atoms. The molecule has 0 radical (unpaired) electrons. The molecule has 1 N–H and O–H groups in total. The number of rotatable bonds is 6. The normalized spacial score (nSPS) is 14.7. The fraction of sp³-hybridized carbons (Fsp3) is 0.333. The van der Waals surface area contributed by atoms with Gasteiger partial charge in [0.15, 0.2) is 0 Å². The lowest BCUT2D eigenvalue weighted by atomic mass is 10.1. The van der Waals surface area contributed by atoms with E-state index in [4.69, 9.17) is 14.2 Å². The van der Waals surface area contributed by atoms with Crippen molar-refractivity contribution < 1.29 is 32.2 Å². The first-order valence-electron chi connectivity index (χ1n) is 9.54. The SMILES string of the molecule is COC(=O)c1ccc(C)c(NC(=O)c2cc(S(=O)(=O)N3CCOCC3)ccc2OC)c1. The van der Waals surface area contributed by atoms with Crippen molar-refractivity contribution >= 4 is 27.6 Å². The maximum Gasteiger partial charge on any atom is 0.337 e. The van der Waals surface area contributed by atoms with Crippen LogP contribution in [0.1, 0.15) is 26.3 Å². The Balaban J connectivity index is 1.94. The summed E-state index contributed by atoms with van der Waals surface area (Å²) >= 11 is 0. The van der Waals surface area contributed by atoms with E-state index >= 15 is 0 Å². The largest absolute Gasteiger partial charge is 0.496 e. The Morgan fingerprint density at radius 2 is 1.77 bits per heavy atom. The highest BCUT2D eigenvalue weighted by molar-refractivity contribution is 7.89. The molecule has 1 amide bonds. The molecule has 9 nitrogen and oxygen atoms in total. The zero-order valence-electron chi connectivity index (χ0n) is 17.5. The number of sulfonamides is 1. The maximum absolute atomic E-state index is 13.0. The molecule has 1 aliphatic rings. The molecule has 0 aromatic heterocycles. The molecule has 0 unspecified atom stereocenters. The van der Waals surface area contributed by atoms with E-state index in [1.54, 1.807) is 19.1 Å². The lowest BCUT2D eigenvalue weighted by Gasteiger charge is -2.26. The fourth-order valence-electron chi connectivity index (χ4n) is 3.15. The molecule has 3 rings (SSSR count). The van der Waals surface area contributed by atoms with Crippen LogP contribution < -0.4 is 10.1 Å². The van der Waals surface area contributed by atoms with Crippen LogP contribution >= 0.6 is 0 Å². The van der Waals surface area contributed by atoms with Crippen molar-refractivity contribution in [3.05, 3.63) is 53.1 Å². The number of ether oxygens (including phenoxy) is 3. The van der Waals surface area contributed by atoms with Crippen LogP contribution in [0.4, 0.5) is 5.69 Å². The van der Waals surface area contributed by atoms with Crippen LogP contribution in [0.25, 0.3) is 0 Å². The van der Waals surface area contributed by atoms with Gasteiger partial charge in [0.05, 0.1) is 43.5 Å². The number of morpholine rings is 1. The zero-order valence-corrected chi connectivity index (χ0v) is 18.3. The highest BCUT2D eigenvalue weighted by Crippen LogP contribution is 2.27. The van der Waals surface area contributed by atoms with Gasteiger partial charge in [0, 0.05) is 18.8 Å². The second-order valence-corrected chi connectivity index (χ2v) is 8.79. The van der Waals surface area contributed by atoms with Crippen LogP contribution in [-0.2, 0) is 19.5 Å². The summed E-state index contributed by atoms with van der Waals surface area (Å²) in [7, 11) is -1.13. The number of aryl methyl sites for hydroxylation is 1. The second kappa shape index (κ2) is 9.46. The quantitative estimate of drug-likeness (QED) is 0.674. The third-order valence-corrected chi connectivity index (χ3v) is 6.82.